The third-order valence-corrected chi connectivity index (χ3v) is 15.9. The van der Waals surface area contributed by atoms with Crippen LogP contribution in [0, 0.1) is 0 Å². The quantitative estimate of drug-likeness (QED) is 0.0895. The molecule has 0 heterocycles. The van der Waals surface area contributed by atoms with Gasteiger partial charge in [-0.2, -0.15) is 4.17 Å². The van der Waals surface area contributed by atoms with Crippen molar-refractivity contribution in [1.29, 1.82) is 0 Å². The normalized spacial score (nSPS) is 14.6. The second-order valence-corrected chi connectivity index (χ2v) is 19.4. The first-order valence-corrected chi connectivity index (χ1v) is 20.2. The van der Waals surface area contributed by atoms with Crippen LogP contribution in [0.25, 0.3) is 0 Å². The number of hydrogen-bond acceptors (Lipinski definition) is 0. The molecule has 0 aliphatic heterocycles. The summed E-state index contributed by atoms with van der Waals surface area (Å²) in [5.41, 5.74) is 0. The van der Waals surface area contributed by atoms with Gasteiger partial charge in [0.15, 0.2) is 0 Å². The molecule has 0 aromatic heterocycles. The van der Waals surface area contributed by atoms with Gasteiger partial charge in [0, 0.05) is 37.0 Å². The van der Waals surface area contributed by atoms with E-state index in [9.17, 15) is 25.2 Å². The van der Waals surface area contributed by atoms with Crippen LogP contribution in [0.5, 0.6) is 0 Å². The Morgan fingerprint density at radius 1 is 0.412 bits per heavy atom. The molecule has 0 bridgehead atoms. The Balaban J connectivity index is 0. The zero-order chi connectivity index (χ0) is 26.8. The molecular weight excluding hydrogens is 509 g/mol. The zero-order valence-corrected chi connectivity index (χ0v) is 25.5. The molecule has 10 heteroatoms. The van der Waals surface area contributed by atoms with Gasteiger partial charge in [-0.25, -0.2) is 0 Å². The van der Waals surface area contributed by atoms with E-state index in [0.29, 0.717) is 0 Å². The minimum atomic E-state index is -10.7. The Kier molecular flexibility index (Phi) is 17.7. The number of hydrogen-bond donors (Lipinski definition) is 0. The van der Waals surface area contributed by atoms with Crippen LogP contribution in [-0.4, -0.2) is 37.0 Å². The molecule has 0 saturated carbocycles. The average Bonchev–Trinajstić information content (AvgIpc) is 2.73. The Bertz CT molecular complexity index is 534. The fourth-order valence-electron chi connectivity index (χ4n) is 4.06. The second-order valence-electron chi connectivity index (χ2n) is 9.70. The predicted molar refractivity (Wildman–Crippen MR) is 148 cm³/mol. The molecule has 0 aromatic carbocycles. The van der Waals surface area contributed by atoms with Crippen LogP contribution in [0.3, 0.4) is 0 Å². The molecule has 212 valence electrons. The molecule has 0 fully saturated rings. The summed E-state index contributed by atoms with van der Waals surface area (Å²) >= 11 is 0. The standard InChI is InChI=1S/C24H54NP2.F6P/c1-7-13-19-26(20-14-8-2,21-15-9-3)25-27(22-16-10-4,23-17-11-5)24-18-12-6;1-7(2,3,4,5)6/h7-24H2,1-6H3;/q+1;-1. The van der Waals surface area contributed by atoms with E-state index in [1.165, 1.54) is 114 Å². The van der Waals surface area contributed by atoms with Crippen LogP contribution in [0.1, 0.15) is 119 Å². The molecule has 0 unspecified atom stereocenters. The Hall–Kier alpha value is 0.580. The first kappa shape index (κ1) is 36.7. The Labute approximate surface area is 207 Å². The summed E-state index contributed by atoms with van der Waals surface area (Å²) in [6.07, 6.45) is 25.4. The first-order chi connectivity index (χ1) is 15.5. The summed E-state index contributed by atoms with van der Waals surface area (Å²) < 4.78 is 65.4. The van der Waals surface area contributed by atoms with E-state index in [1.807, 2.05) is 0 Å². The van der Waals surface area contributed by atoms with E-state index in [2.05, 4.69) is 41.5 Å². The fraction of sp³-hybridized carbons (Fsp3) is 1.00. The molecule has 0 rings (SSSR count). The molecule has 0 aromatic rings. The Morgan fingerprint density at radius 2 is 0.559 bits per heavy atom. The summed E-state index contributed by atoms with van der Waals surface area (Å²) in [5.74, 6) is 0. The number of rotatable bonds is 18. The van der Waals surface area contributed by atoms with Gasteiger partial charge >= 0.3 is 33.0 Å². The summed E-state index contributed by atoms with van der Waals surface area (Å²) in [6, 6.07) is 0. The van der Waals surface area contributed by atoms with Crippen molar-refractivity contribution in [1.82, 2.24) is 4.17 Å². The van der Waals surface area contributed by atoms with Crippen LogP contribution < -0.4 is 4.17 Å². The van der Waals surface area contributed by atoms with Gasteiger partial charge in [0.2, 0.25) is 14.1 Å². The van der Waals surface area contributed by atoms with Gasteiger partial charge < -0.3 is 0 Å². The molecule has 0 amide bonds. The van der Waals surface area contributed by atoms with Gasteiger partial charge in [0.1, 0.15) is 0 Å². The summed E-state index contributed by atoms with van der Waals surface area (Å²) in [5, 5.41) is 0. The average molecular weight is 564 g/mol. The van der Waals surface area contributed by atoms with Gasteiger partial charge in [-0.05, 0) is 38.5 Å². The molecular formula is C24H54F6NP3. The number of halogens is 6. The van der Waals surface area contributed by atoms with Gasteiger partial charge in [-0.15, -0.1) is 0 Å². The zero-order valence-electron chi connectivity index (χ0n) is 22.8. The van der Waals surface area contributed by atoms with Gasteiger partial charge in [-0.1, -0.05) is 80.1 Å². The van der Waals surface area contributed by atoms with Crippen molar-refractivity contribution in [3.63, 3.8) is 0 Å². The van der Waals surface area contributed by atoms with Crippen LogP contribution >= 0.6 is 21.9 Å². The predicted octanol–water partition coefficient (Wildman–Crippen LogP) is 12.6. The maximum atomic E-state index is 9.87. The maximum absolute atomic E-state index is 10.7. The van der Waals surface area contributed by atoms with E-state index in [4.69, 9.17) is 4.17 Å². The summed E-state index contributed by atoms with van der Waals surface area (Å²) in [6.45, 7) is 14.3. The number of unbranched alkanes of at least 4 members (excludes halogenated alkanes) is 6. The topological polar surface area (TPSA) is 14.1 Å². The van der Waals surface area contributed by atoms with Crippen LogP contribution in [0.15, 0.2) is 0 Å². The molecule has 0 saturated heterocycles. The van der Waals surface area contributed by atoms with Crippen LogP contribution in [0.2, 0.25) is 0 Å². The minimum absolute atomic E-state index is 1.11. The van der Waals surface area contributed by atoms with Crippen molar-refractivity contribution < 1.29 is 25.2 Å². The van der Waals surface area contributed by atoms with E-state index in [0.717, 1.165) is 0 Å². The van der Waals surface area contributed by atoms with Crippen molar-refractivity contribution in [2.75, 3.05) is 37.0 Å². The third kappa shape index (κ3) is 24.3. The van der Waals surface area contributed by atoms with E-state index in [1.54, 1.807) is 0 Å². The monoisotopic (exact) mass is 563 g/mol. The molecule has 0 atom stereocenters. The summed E-state index contributed by atoms with van der Waals surface area (Å²) in [7, 11) is -12.9. The number of nitrogens with zero attached hydrogens (tertiary/aromatic N) is 1. The molecule has 0 aliphatic carbocycles. The molecule has 0 N–H and O–H groups in total. The first-order valence-electron chi connectivity index (χ1n) is 13.6. The SMILES string of the molecule is CCCCP(CCCC)(CCCC)=[N+]=P(CCCC)(CCCC)CCCC.F[P-](F)(F)(F)(F)F. The van der Waals surface area contributed by atoms with Gasteiger partial charge in [0.25, 0.3) is 0 Å². The molecule has 0 radical (unpaired) electrons. The van der Waals surface area contributed by atoms with Gasteiger partial charge in [0.05, 0.1) is 0 Å². The van der Waals surface area contributed by atoms with E-state index < -0.39 is 21.9 Å². The van der Waals surface area contributed by atoms with Crippen molar-refractivity contribution in [2.24, 2.45) is 0 Å². The van der Waals surface area contributed by atoms with Crippen molar-refractivity contribution in [2.45, 2.75) is 119 Å². The summed E-state index contributed by atoms with van der Waals surface area (Å²) in [4.78, 5) is 0. The Morgan fingerprint density at radius 3 is 0.676 bits per heavy atom. The van der Waals surface area contributed by atoms with E-state index >= 15 is 0 Å². The van der Waals surface area contributed by atoms with Gasteiger partial charge in [-0.3, -0.25) is 0 Å². The van der Waals surface area contributed by atoms with Crippen molar-refractivity contribution in [3.8, 4) is 0 Å². The molecule has 34 heavy (non-hydrogen) atoms. The molecule has 0 aliphatic rings. The third-order valence-electron chi connectivity index (χ3n) is 5.95. The second kappa shape index (κ2) is 16.4. The fourth-order valence-corrected chi connectivity index (χ4v) is 16.2. The van der Waals surface area contributed by atoms with E-state index in [-0.39, 0.29) is 0 Å². The van der Waals surface area contributed by atoms with Crippen molar-refractivity contribution in [3.05, 3.63) is 0 Å². The van der Waals surface area contributed by atoms with Crippen LogP contribution in [-0.2, 0) is 0 Å². The van der Waals surface area contributed by atoms with Crippen LogP contribution in [0.4, 0.5) is 25.2 Å². The van der Waals surface area contributed by atoms with Crippen molar-refractivity contribution >= 4 is 21.9 Å². The molecule has 1 nitrogen and oxygen atoms in total. The molecule has 0 spiro atoms.